The molecule has 16 heavy (non-hydrogen) atoms. The minimum Gasteiger partial charge on any atom is -0.465 e. The van der Waals surface area contributed by atoms with Crippen LogP contribution >= 0.6 is 11.3 Å². The number of fused-ring (bicyclic) bond motifs is 1. The lowest BCUT2D eigenvalue weighted by Gasteiger charge is -2.32. The first-order valence-corrected chi connectivity index (χ1v) is 6.56. The number of nitrogens with zero attached hydrogens (tertiary/aromatic N) is 1. The standard InChI is InChI=1S/C12H17NO2S/c1-3-15-12(14)8-13-6-4-11-10(9(13)2)5-7-16-11/h5,7,9H,3-4,6,8H2,1-2H3/t9-/m1/s1. The summed E-state index contributed by atoms with van der Waals surface area (Å²) in [5.41, 5.74) is 1.38. The lowest BCUT2D eigenvalue weighted by atomic mass is 10.0. The number of esters is 1. The van der Waals surface area contributed by atoms with Crippen molar-refractivity contribution >= 4 is 17.3 Å². The molecule has 0 fully saturated rings. The van der Waals surface area contributed by atoms with Crippen LogP contribution in [0.4, 0.5) is 0 Å². The van der Waals surface area contributed by atoms with Crippen molar-refractivity contribution in [2.75, 3.05) is 19.7 Å². The van der Waals surface area contributed by atoms with Crippen LogP contribution in [-0.2, 0) is 16.0 Å². The minimum absolute atomic E-state index is 0.118. The van der Waals surface area contributed by atoms with Crippen molar-refractivity contribution < 1.29 is 9.53 Å². The third kappa shape index (κ3) is 2.28. The first-order valence-electron chi connectivity index (χ1n) is 5.68. The van der Waals surface area contributed by atoms with Gasteiger partial charge in [0.2, 0.25) is 0 Å². The summed E-state index contributed by atoms with van der Waals surface area (Å²) in [6.45, 7) is 5.82. The molecule has 0 radical (unpaired) electrons. The number of hydrogen-bond acceptors (Lipinski definition) is 4. The molecule has 4 heteroatoms. The third-order valence-electron chi connectivity index (χ3n) is 3.04. The molecule has 0 aromatic carbocycles. The van der Waals surface area contributed by atoms with Crippen molar-refractivity contribution in [3.8, 4) is 0 Å². The van der Waals surface area contributed by atoms with Gasteiger partial charge in [-0.15, -0.1) is 11.3 Å². The molecule has 0 saturated carbocycles. The molecule has 88 valence electrons. The molecular formula is C12H17NO2S. The van der Waals surface area contributed by atoms with Crippen LogP contribution in [-0.4, -0.2) is 30.6 Å². The Kier molecular flexibility index (Phi) is 3.61. The fourth-order valence-electron chi connectivity index (χ4n) is 2.15. The second kappa shape index (κ2) is 4.97. The van der Waals surface area contributed by atoms with Gasteiger partial charge in [-0.25, -0.2) is 0 Å². The Balaban J connectivity index is 2.01. The van der Waals surface area contributed by atoms with Gasteiger partial charge in [0.25, 0.3) is 0 Å². The van der Waals surface area contributed by atoms with E-state index in [9.17, 15) is 4.79 Å². The smallest absolute Gasteiger partial charge is 0.320 e. The van der Waals surface area contributed by atoms with E-state index in [-0.39, 0.29) is 5.97 Å². The largest absolute Gasteiger partial charge is 0.465 e. The van der Waals surface area contributed by atoms with Crippen molar-refractivity contribution in [3.63, 3.8) is 0 Å². The van der Waals surface area contributed by atoms with Crippen LogP contribution in [0.3, 0.4) is 0 Å². The summed E-state index contributed by atoms with van der Waals surface area (Å²) in [6.07, 6.45) is 1.05. The molecule has 1 aliphatic heterocycles. The quantitative estimate of drug-likeness (QED) is 0.758. The molecule has 3 nitrogen and oxygen atoms in total. The van der Waals surface area contributed by atoms with Crippen LogP contribution in [0.2, 0.25) is 0 Å². The molecule has 1 aromatic heterocycles. The van der Waals surface area contributed by atoms with Crippen LogP contribution in [0.1, 0.15) is 30.3 Å². The van der Waals surface area contributed by atoms with Crippen LogP contribution in [0, 0.1) is 0 Å². The molecule has 0 spiro atoms. The van der Waals surface area contributed by atoms with Gasteiger partial charge in [0.05, 0.1) is 13.2 Å². The fraction of sp³-hybridized carbons (Fsp3) is 0.583. The topological polar surface area (TPSA) is 29.5 Å². The highest BCUT2D eigenvalue weighted by molar-refractivity contribution is 7.10. The van der Waals surface area contributed by atoms with Gasteiger partial charge in [0.1, 0.15) is 0 Å². The van der Waals surface area contributed by atoms with Gasteiger partial charge in [-0.1, -0.05) is 0 Å². The van der Waals surface area contributed by atoms with E-state index in [1.54, 1.807) is 0 Å². The van der Waals surface area contributed by atoms with E-state index in [4.69, 9.17) is 4.74 Å². The van der Waals surface area contributed by atoms with Crippen LogP contribution < -0.4 is 0 Å². The van der Waals surface area contributed by atoms with Crippen LogP contribution in [0.15, 0.2) is 11.4 Å². The summed E-state index contributed by atoms with van der Waals surface area (Å²) in [5.74, 6) is -0.118. The number of rotatable bonds is 3. The molecule has 1 aromatic rings. The van der Waals surface area contributed by atoms with Crippen molar-refractivity contribution in [1.82, 2.24) is 4.90 Å². The summed E-state index contributed by atoms with van der Waals surface area (Å²) in [5, 5.41) is 2.13. The van der Waals surface area contributed by atoms with Gasteiger partial charge >= 0.3 is 5.97 Å². The predicted molar refractivity (Wildman–Crippen MR) is 64.6 cm³/mol. The highest BCUT2D eigenvalue weighted by Gasteiger charge is 2.26. The van der Waals surface area contributed by atoms with Crippen LogP contribution in [0.5, 0.6) is 0 Å². The SMILES string of the molecule is CCOC(=O)CN1CCc2sccc2[C@H]1C. The highest BCUT2D eigenvalue weighted by Crippen LogP contribution is 2.32. The lowest BCUT2D eigenvalue weighted by Crippen LogP contribution is -2.37. The number of hydrogen-bond donors (Lipinski definition) is 0. The maximum absolute atomic E-state index is 11.4. The van der Waals surface area contributed by atoms with E-state index >= 15 is 0 Å². The van der Waals surface area contributed by atoms with Crippen molar-refractivity contribution in [2.24, 2.45) is 0 Å². The maximum atomic E-state index is 11.4. The summed E-state index contributed by atoms with van der Waals surface area (Å²) < 4.78 is 4.98. The zero-order valence-electron chi connectivity index (χ0n) is 9.73. The summed E-state index contributed by atoms with van der Waals surface area (Å²) >= 11 is 1.82. The molecule has 0 bridgehead atoms. The zero-order valence-corrected chi connectivity index (χ0v) is 10.5. The lowest BCUT2D eigenvalue weighted by molar-refractivity contribution is -0.145. The molecule has 0 unspecified atom stereocenters. The van der Waals surface area contributed by atoms with E-state index in [0.717, 1.165) is 13.0 Å². The maximum Gasteiger partial charge on any atom is 0.320 e. The molecule has 0 saturated heterocycles. The molecule has 1 aliphatic rings. The second-order valence-corrected chi connectivity index (χ2v) is 5.00. The van der Waals surface area contributed by atoms with E-state index in [1.165, 1.54) is 10.4 Å². The molecule has 2 rings (SSSR count). The summed E-state index contributed by atoms with van der Waals surface area (Å²) in [6, 6.07) is 2.50. The Labute approximate surface area is 100 Å². The van der Waals surface area contributed by atoms with Gasteiger partial charge < -0.3 is 4.74 Å². The predicted octanol–water partition coefficient (Wildman–Crippen LogP) is 2.23. The Morgan fingerprint density at radius 3 is 3.25 bits per heavy atom. The Morgan fingerprint density at radius 2 is 2.50 bits per heavy atom. The first-order chi connectivity index (χ1) is 7.72. The minimum atomic E-state index is -0.118. The Morgan fingerprint density at radius 1 is 1.69 bits per heavy atom. The van der Waals surface area contributed by atoms with Crippen molar-refractivity contribution in [1.29, 1.82) is 0 Å². The number of carbonyl (C=O) groups excluding carboxylic acids is 1. The number of carbonyl (C=O) groups is 1. The van der Waals surface area contributed by atoms with Gasteiger partial charge in [-0.05, 0) is 37.3 Å². The van der Waals surface area contributed by atoms with Gasteiger partial charge in [-0.2, -0.15) is 0 Å². The third-order valence-corrected chi connectivity index (χ3v) is 4.04. The van der Waals surface area contributed by atoms with Gasteiger partial charge in [0, 0.05) is 17.5 Å². The fourth-order valence-corrected chi connectivity index (χ4v) is 3.11. The molecule has 1 atom stereocenters. The monoisotopic (exact) mass is 239 g/mol. The van der Waals surface area contributed by atoms with Crippen molar-refractivity contribution in [2.45, 2.75) is 26.3 Å². The van der Waals surface area contributed by atoms with E-state index in [0.29, 0.717) is 19.2 Å². The molecule has 0 N–H and O–H groups in total. The van der Waals surface area contributed by atoms with E-state index in [2.05, 4.69) is 23.3 Å². The Bertz CT molecular complexity index is 375. The average Bonchev–Trinajstić information content (AvgIpc) is 2.71. The molecule has 0 aliphatic carbocycles. The number of thiophene rings is 1. The molecular weight excluding hydrogens is 222 g/mol. The summed E-state index contributed by atoms with van der Waals surface area (Å²) in [4.78, 5) is 15.1. The second-order valence-electron chi connectivity index (χ2n) is 4.00. The Hall–Kier alpha value is -0.870. The van der Waals surface area contributed by atoms with Gasteiger partial charge in [0.15, 0.2) is 0 Å². The van der Waals surface area contributed by atoms with E-state index < -0.39 is 0 Å². The van der Waals surface area contributed by atoms with E-state index in [1.807, 2.05) is 18.3 Å². The van der Waals surface area contributed by atoms with Gasteiger partial charge in [-0.3, -0.25) is 9.69 Å². The molecule has 0 amide bonds. The zero-order chi connectivity index (χ0) is 11.5. The first kappa shape index (κ1) is 11.6. The average molecular weight is 239 g/mol. The van der Waals surface area contributed by atoms with Crippen LogP contribution in [0.25, 0.3) is 0 Å². The molecule has 2 heterocycles. The highest BCUT2D eigenvalue weighted by atomic mass is 32.1. The summed E-state index contributed by atoms with van der Waals surface area (Å²) in [7, 11) is 0. The van der Waals surface area contributed by atoms with Crippen molar-refractivity contribution in [3.05, 3.63) is 21.9 Å². The number of ether oxygens (including phenoxy) is 1. The normalized spacial score (nSPS) is 20.5.